The van der Waals surface area contributed by atoms with Crippen molar-refractivity contribution in [2.45, 2.75) is 126 Å². The topological polar surface area (TPSA) is 441 Å². The minimum Gasteiger partial charge on any atom is -0.508 e. The van der Waals surface area contributed by atoms with Crippen LogP contribution in [0.15, 0.2) is 140 Å². The van der Waals surface area contributed by atoms with Gasteiger partial charge in [0.05, 0.1) is 32.3 Å². The first-order chi connectivity index (χ1) is 50.3. The molecule has 5 aromatic carbocycles. The molecule has 1 unspecified atom stereocenters. The summed E-state index contributed by atoms with van der Waals surface area (Å²) in [5, 5.41) is 34.0. The molecular formula is C73H79F2N15O15. The number of phenols is 1. The molecule has 2 bridgehead atoms. The highest BCUT2D eigenvalue weighted by atomic mass is 19.1. The normalized spacial score (nSPS) is 21.8. The lowest BCUT2D eigenvalue weighted by Crippen LogP contribution is -2.63. The first-order valence-electron chi connectivity index (χ1n) is 33.8. The van der Waals surface area contributed by atoms with Gasteiger partial charge in [-0.3, -0.25) is 57.5 Å². The number of aromatic hydroxyl groups is 1. The van der Waals surface area contributed by atoms with Gasteiger partial charge in [0.2, 0.25) is 65.0 Å². The maximum Gasteiger partial charge on any atom is 0.308 e. The Morgan fingerprint density at radius 3 is 1.87 bits per heavy atom. The standard InChI is InChI=1S/C73H79F2N15O15/c1-40(91)83-59-32-62(93)78-22-24-104-50-17-11-42(12-18-50)25-55(65(76)96)89-72(103)73(2)21-6-23-90(73)71(102)61(26-41-9-15-49(92)16-10-41)88-69(100)58(31-48-36-77-39-82-48)86-70(101)60(33-64(95)105-38-43-7-4-3-5-8-43)87-68(99)57(28-45-35-80-54-20-14-47(75)30-52(45)54)85-67(98)56(84-63(94)37-81-66(59)97)27-44-34-79-53-19-13-46(74)29-51(44)53/h3-5,7-20,29-30,34-36,39,55-61,79-80,92H,6,21-28,31-33,37-38H2,1-2H3,(H2,76,96)(H,77,82)(H,78,93)(H,81,97)(H,83,91)(H,84,94)(H,85,98)(H,86,101)(H,87,99)(H,88,100)(H,89,103)/t55?,56-,57-,58-,59+,60-,61-,73-/m0/s1. The Morgan fingerprint density at radius 2 is 1.26 bits per heavy atom. The van der Waals surface area contributed by atoms with Gasteiger partial charge in [0.15, 0.2) is 0 Å². The fourth-order valence-electron chi connectivity index (χ4n) is 12.5. The number of nitrogens with one attached hydrogen (secondary N) is 12. The summed E-state index contributed by atoms with van der Waals surface area (Å²) >= 11 is 0. The van der Waals surface area contributed by atoms with Crippen LogP contribution in [0.4, 0.5) is 8.78 Å². The minimum absolute atomic E-state index is 0.0128. The Morgan fingerprint density at radius 1 is 0.657 bits per heavy atom. The molecule has 105 heavy (non-hydrogen) atoms. The highest BCUT2D eigenvalue weighted by Gasteiger charge is 2.49. The molecule has 32 heteroatoms. The smallest absolute Gasteiger partial charge is 0.308 e. The van der Waals surface area contributed by atoms with E-state index in [1.807, 2.05) is 0 Å². The van der Waals surface area contributed by atoms with E-state index >= 15 is 28.4 Å². The monoisotopic (exact) mass is 1440 g/mol. The van der Waals surface area contributed by atoms with E-state index in [-0.39, 0.29) is 91.8 Å². The summed E-state index contributed by atoms with van der Waals surface area (Å²) < 4.78 is 41.5. The number of halogens is 2. The number of hydrogen-bond donors (Lipinski definition) is 14. The Kier molecular flexibility index (Phi) is 24.7. The molecule has 0 radical (unpaired) electrons. The zero-order valence-electron chi connectivity index (χ0n) is 57.1. The molecule has 550 valence electrons. The number of hydrogen-bond acceptors (Lipinski definition) is 16. The summed E-state index contributed by atoms with van der Waals surface area (Å²) in [5.41, 5.74) is 7.31. The molecule has 11 rings (SSSR count). The van der Waals surface area contributed by atoms with E-state index in [0.29, 0.717) is 33.5 Å². The van der Waals surface area contributed by atoms with E-state index in [9.17, 15) is 43.1 Å². The van der Waals surface area contributed by atoms with Gasteiger partial charge in [-0.25, -0.2) is 13.8 Å². The number of aromatic nitrogens is 4. The van der Waals surface area contributed by atoms with Crippen LogP contribution in [0.3, 0.4) is 0 Å². The molecule has 0 aliphatic carbocycles. The van der Waals surface area contributed by atoms with E-state index in [0.717, 1.165) is 6.92 Å². The number of carbonyl (C=O) groups is 12. The van der Waals surface area contributed by atoms with E-state index in [1.54, 1.807) is 54.6 Å². The SMILES string of the molecule is CC(=O)N[C@@H]1CC(=O)NCCOc2ccc(cc2)CC(C(N)=O)NC(=O)[C@]2(C)CCCN2C(=O)[C@H](Cc2ccc(O)cc2)NC(=O)[C@H](Cc2cnc[nH]2)NC(=O)[C@H](CC(=O)OCc2ccccc2)NC(=O)[C@H](Cc2c[nH]c3ccc(F)cc23)NC(=O)[C@H](Cc2c[nH]c3ccc(F)cc23)NC(=O)CNC1=O. The lowest BCUT2D eigenvalue weighted by atomic mass is 9.94. The highest BCUT2D eigenvalue weighted by molar-refractivity contribution is 6.01. The van der Waals surface area contributed by atoms with Crippen LogP contribution >= 0.6 is 0 Å². The second-order valence-corrected chi connectivity index (χ2v) is 25.8. The minimum atomic E-state index is -1.99. The van der Waals surface area contributed by atoms with E-state index in [4.69, 9.17) is 15.2 Å². The van der Waals surface area contributed by atoms with E-state index in [2.05, 4.69) is 67.8 Å². The molecule has 3 aliphatic rings. The molecular weight excluding hydrogens is 1360 g/mol. The van der Waals surface area contributed by atoms with Gasteiger partial charge >= 0.3 is 5.97 Å². The van der Waals surface area contributed by atoms with Crippen molar-refractivity contribution in [2.75, 3.05) is 26.2 Å². The Bertz CT molecular complexity index is 4520. The summed E-state index contributed by atoms with van der Waals surface area (Å²) in [6.45, 7) is 1.21. The Labute approximate surface area is 598 Å². The van der Waals surface area contributed by atoms with Crippen LogP contribution in [-0.4, -0.2) is 175 Å². The summed E-state index contributed by atoms with van der Waals surface area (Å²) in [6.07, 6.45) is 2.67. The van der Waals surface area contributed by atoms with Crippen LogP contribution in [-0.2, 0) is 101 Å². The molecule has 1 fully saturated rings. The van der Waals surface area contributed by atoms with Crippen molar-refractivity contribution in [2.24, 2.45) is 5.73 Å². The number of nitrogens with zero attached hydrogens (tertiary/aromatic N) is 2. The van der Waals surface area contributed by atoms with Gasteiger partial charge in [0.25, 0.3) is 0 Å². The summed E-state index contributed by atoms with van der Waals surface area (Å²) in [4.78, 5) is 186. The number of H-pyrrole nitrogens is 3. The third-order valence-electron chi connectivity index (χ3n) is 18.0. The largest absolute Gasteiger partial charge is 0.508 e. The number of rotatable bonds is 14. The molecule has 8 atom stereocenters. The van der Waals surface area contributed by atoms with Crippen LogP contribution < -0.4 is 58.3 Å². The van der Waals surface area contributed by atoms with Crippen LogP contribution in [0.2, 0.25) is 0 Å². The molecule has 0 saturated carbocycles. The molecule has 3 aromatic heterocycles. The number of esters is 1. The van der Waals surface area contributed by atoms with Crippen molar-refractivity contribution in [1.29, 1.82) is 0 Å². The van der Waals surface area contributed by atoms with E-state index < -0.39 is 163 Å². The average Bonchev–Trinajstić information content (AvgIpc) is 1.61. The van der Waals surface area contributed by atoms with Crippen molar-refractivity contribution in [3.63, 3.8) is 0 Å². The Hall–Kier alpha value is -12.5. The summed E-state index contributed by atoms with van der Waals surface area (Å²) in [7, 11) is 0. The number of carbonyl (C=O) groups excluding carboxylic acids is 12. The molecule has 15 N–H and O–H groups in total. The first-order valence-corrected chi connectivity index (χ1v) is 33.8. The maximum absolute atomic E-state index is 15.4. The second-order valence-electron chi connectivity index (χ2n) is 25.8. The van der Waals surface area contributed by atoms with Crippen molar-refractivity contribution < 1.29 is 80.9 Å². The van der Waals surface area contributed by atoms with Crippen molar-refractivity contribution in [3.8, 4) is 11.5 Å². The zero-order valence-corrected chi connectivity index (χ0v) is 57.1. The fraction of sp³-hybridized carbons (Fsp3) is 0.329. The number of fused-ring (bicyclic) bond motifs is 32. The second kappa shape index (κ2) is 34.4. The number of nitrogens with two attached hydrogens (primary N) is 1. The van der Waals surface area contributed by atoms with Gasteiger partial charge < -0.3 is 88.0 Å². The number of benzene rings is 5. The van der Waals surface area contributed by atoms with Crippen LogP contribution in [0.1, 0.15) is 73.0 Å². The van der Waals surface area contributed by atoms with E-state index in [1.165, 1.54) is 97.4 Å². The van der Waals surface area contributed by atoms with Crippen molar-refractivity contribution >= 4 is 92.8 Å². The maximum atomic E-state index is 15.4. The predicted molar refractivity (Wildman–Crippen MR) is 373 cm³/mol. The van der Waals surface area contributed by atoms with Crippen LogP contribution in [0.5, 0.6) is 11.5 Å². The average molecular weight is 1440 g/mol. The van der Waals surface area contributed by atoms with Crippen LogP contribution in [0.25, 0.3) is 21.8 Å². The number of ether oxygens (including phenoxy) is 2. The number of amides is 11. The third-order valence-corrected chi connectivity index (χ3v) is 18.0. The Balaban J connectivity index is 1.02. The number of imidazole rings is 1. The predicted octanol–water partition coefficient (Wildman–Crippen LogP) is 1.30. The van der Waals surface area contributed by atoms with Gasteiger partial charge in [-0.05, 0) is 108 Å². The van der Waals surface area contributed by atoms with Gasteiger partial charge in [0.1, 0.15) is 84.2 Å². The fourth-order valence-corrected chi connectivity index (χ4v) is 12.5. The van der Waals surface area contributed by atoms with Crippen molar-refractivity contribution in [1.82, 2.24) is 72.7 Å². The van der Waals surface area contributed by atoms with Crippen molar-refractivity contribution in [3.05, 3.63) is 185 Å². The molecule has 30 nitrogen and oxygen atoms in total. The number of primary amides is 1. The molecule has 0 spiro atoms. The molecule has 3 aliphatic heterocycles. The summed E-state index contributed by atoms with van der Waals surface area (Å²) in [6, 6.07) is 16.5. The van der Waals surface area contributed by atoms with Gasteiger partial charge in [0, 0.05) is 91.7 Å². The third kappa shape index (κ3) is 20.2. The highest BCUT2D eigenvalue weighted by Crippen LogP contribution is 2.32. The quantitative estimate of drug-likeness (QED) is 0.0539. The lowest BCUT2D eigenvalue weighted by molar-refractivity contribution is -0.148. The molecule has 1 saturated heterocycles. The summed E-state index contributed by atoms with van der Waals surface area (Å²) in [5.74, 6) is -12.5. The molecule has 6 heterocycles. The molecule has 11 amide bonds. The number of phenolic OH excluding ortho intramolecular Hbond substituents is 1. The van der Waals surface area contributed by atoms with Gasteiger partial charge in [-0.2, -0.15) is 0 Å². The van der Waals surface area contributed by atoms with Gasteiger partial charge in [-0.1, -0.05) is 54.6 Å². The number of aromatic amines is 3. The first kappa shape index (κ1) is 75.2. The molecule has 8 aromatic rings. The lowest BCUT2D eigenvalue weighted by Gasteiger charge is -2.37. The van der Waals surface area contributed by atoms with Crippen LogP contribution in [0, 0.1) is 11.6 Å². The zero-order chi connectivity index (χ0) is 74.9. The van der Waals surface area contributed by atoms with Gasteiger partial charge in [-0.15, -0.1) is 0 Å².